The number of carbonyl (C=O) groups is 5. The normalized spacial score (nSPS) is 20.8. The highest BCUT2D eigenvalue weighted by molar-refractivity contribution is 7.10. The Morgan fingerprint density at radius 2 is 1.85 bits per heavy atom. The summed E-state index contributed by atoms with van der Waals surface area (Å²) in [7, 11) is 7.13. The Kier molecular flexibility index (Phi) is 15.0. The molecule has 1 spiro atoms. The van der Waals surface area contributed by atoms with Crippen molar-refractivity contribution >= 4 is 52.0 Å². The Labute approximate surface area is 427 Å². The third-order valence-corrected chi connectivity index (χ3v) is 16.1. The van der Waals surface area contributed by atoms with Crippen LogP contribution in [0.2, 0.25) is 0 Å². The summed E-state index contributed by atoms with van der Waals surface area (Å²) in [5.41, 5.74) is 8.25. The van der Waals surface area contributed by atoms with E-state index in [0.717, 1.165) is 51.1 Å². The van der Waals surface area contributed by atoms with Gasteiger partial charge in [0.2, 0.25) is 5.91 Å². The van der Waals surface area contributed by atoms with Gasteiger partial charge in [-0.1, -0.05) is 39.7 Å². The molecule has 6 bridgehead atoms. The zero-order chi connectivity index (χ0) is 52.0. The van der Waals surface area contributed by atoms with E-state index in [0.29, 0.717) is 57.0 Å². The van der Waals surface area contributed by atoms with E-state index in [2.05, 4.69) is 72.2 Å². The molecule has 4 atom stereocenters. The van der Waals surface area contributed by atoms with Gasteiger partial charge in [0.15, 0.2) is 0 Å². The predicted molar refractivity (Wildman–Crippen MR) is 277 cm³/mol. The number of hydrogen-bond donors (Lipinski definition) is 2. The van der Waals surface area contributed by atoms with Gasteiger partial charge in [0.1, 0.15) is 18.1 Å². The van der Waals surface area contributed by atoms with Gasteiger partial charge in [0.25, 0.3) is 11.8 Å². The SMILES string of the molecule is CCn1c(-c2cccnc2[C@H](C)OC)c2c3cc(ccc31)-c1csc(n1)C[C@H](NC(=O)C(C(C)C)N(C)C(=O)N1CCC13CN(C(=O)C#CC(C)(C)N(C)C)C3)C(=O)N1CCC[C@H](N1)C(=O)OCC(C)(C)C2. The fraction of sp³-hybridized carbons (Fsp3) is 0.574. The van der Waals surface area contributed by atoms with Gasteiger partial charge in [-0.3, -0.25) is 34.1 Å². The Hall–Kier alpha value is -5.87. The van der Waals surface area contributed by atoms with Crippen molar-refractivity contribution in [2.75, 3.05) is 61.0 Å². The minimum absolute atomic E-state index is 0.0677. The lowest BCUT2D eigenvalue weighted by molar-refractivity contribution is -0.155. The number of pyridine rings is 1. The van der Waals surface area contributed by atoms with E-state index in [9.17, 15) is 24.0 Å². The molecule has 0 radical (unpaired) electrons. The first-order chi connectivity index (χ1) is 34.1. The molecule has 18 heteroatoms. The molecule has 17 nitrogen and oxygen atoms in total. The molecule has 4 aliphatic heterocycles. The maximum Gasteiger partial charge on any atom is 0.324 e. The number of methoxy groups -OCH3 is 1. The van der Waals surface area contributed by atoms with Crippen molar-refractivity contribution in [1.82, 2.24) is 49.9 Å². The van der Waals surface area contributed by atoms with E-state index in [1.807, 2.05) is 65.1 Å². The van der Waals surface area contributed by atoms with Crippen LogP contribution in [-0.2, 0) is 48.0 Å². The standard InChI is InChI=1S/C54H72N10O7S/c1-13-62-42-19-18-35-26-37(42)38(47(62)36-16-14-23-55-45(36)34(4)70-12)28-52(5,6)32-71-50(68)39-17-15-24-64(58-39)49(67)40(27-43-56-41(35)29-72-43)57-48(66)46(33(2)3)60(11)51(69)63-25-22-54(63)30-61(31-54)44(65)20-21-53(7,8)59(9)10/h14,16,18-19,23,26,29,33-34,39-40,46,58H,13,15,17,22,24-25,27-28,30-32H2,1-12H3,(H,57,66)/t34-,39-,40-,46?/m0/s1. The van der Waals surface area contributed by atoms with Crippen LogP contribution in [0.4, 0.5) is 4.79 Å². The van der Waals surface area contributed by atoms with Crippen LogP contribution in [0.5, 0.6) is 0 Å². The van der Waals surface area contributed by atoms with E-state index in [4.69, 9.17) is 19.4 Å². The maximum absolute atomic E-state index is 14.8. The fourth-order valence-corrected chi connectivity index (χ4v) is 11.3. The van der Waals surface area contributed by atoms with Crippen molar-refractivity contribution in [3.05, 3.63) is 58.2 Å². The number of thiazole rings is 1. The zero-order valence-corrected chi connectivity index (χ0v) is 44.9. The predicted octanol–water partition coefficient (Wildman–Crippen LogP) is 5.91. The first kappa shape index (κ1) is 52.5. The third-order valence-electron chi connectivity index (χ3n) is 15.2. The smallest absolute Gasteiger partial charge is 0.324 e. The van der Waals surface area contributed by atoms with Crippen molar-refractivity contribution in [1.29, 1.82) is 0 Å². The molecule has 4 aliphatic rings. The fourth-order valence-electron chi connectivity index (χ4n) is 10.4. The Bertz CT molecular complexity index is 2800. The second kappa shape index (κ2) is 20.6. The van der Waals surface area contributed by atoms with Crippen molar-refractivity contribution in [3.8, 4) is 34.4 Å². The summed E-state index contributed by atoms with van der Waals surface area (Å²) in [5.74, 6) is 3.86. The number of benzene rings is 1. The molecule has 0 saturated carbocycles. The van der Waals surface area contributed by atoms with Gasteiger partial charge in [0, 0.05) is 92.3 Å². The molecule has 1 unspecified atom stereocenters. The van der Waals surface area contributed by atoms with E-state index in [-0.39, 0.29) is 37.0 Å². The van der Waals surface area contributed by atoms with Crippen molar-refractivity contribution in [2.24, 2.45) is 11.3 Å². The van der Waals surface area contributed by atoms with Crippen LogP contribution in [-0.4, -0.2) is 159 Å². The van der Waals surface area contributed by atoms with E-state index in [1.165, 1.54) is 21.2 Å². The summed E-state index contributed by atoms with van der Waals surface area (Å²) >= 11 is 1.41. The monoisotopic (exact) mass is 1000 g/mol. The summed E-state index contributed by atoms with van der Waals surface area (Å²) in [6, 6.07) is 7.26. The minimum Gasteiger partial charge on any atom is -0.464 e. The van der Waals surface area contributed by atoms with Crippen molar-refractivity contribution in [3.63, 3.8) is 0 Å². The number of nitrogens with one attached hydrogen (secondary N) is 2. The number of aryl methyl sites for hydroxylation is 1. The molecule has 1 aromatic carbocycles. The van der Waals surface area contributed by atoms with Crippen LogP contribution < -0.4 is 10.7 Å². The molecule has 2 N–H and O–H groups in total. The zero-order valence-electron chi connectivity index (χ0n) is 44.1. The highest BCUT2D eigenvalue weighted by Crippen LogP contribution is 2.43. The topological polar surface area (TPSA) is 175 Å². The summed E-state index contributed by atoms with van der Waals surface area (Å²) in [6.45, 7) is 18.3. The number of aromatic nitrogens is 3. The van der Waals surface area contributed by atoms with Gasteiger partial charge in [-0.25, -0.2) is 15.2 Å². The van der Waals surface area contributed by atoms with Gasteiger partial charge >= 0.3 is 12.0 Å². The molecule has 3 saturated heterocycles. The average molecular weight is 1010 g/mol. The van der Waals surface area contributed by atoms with E-state index < -0.39 is 52.4 Å². The van der Waals surface area contributed by atoms with Gasteiger partial charge in [-0.05, 0) is 109 Å². The second-order valence-electron chi connectivity index (χ2n) is 21.8. The second-order valence-corrected chi connectivity index (χ2v) is 22.8. The molecule has 3 aromatic heterocycles. The van der Waals surface area contributed by atoms with Crippen molar-refractivity contribution < 1.29 is 33.4 Å². The highest BCUT2D eigenvalue weighted by Gasteiger charge is 2.57. The highest BCUT2D eigenvalue weighted by atomic mass is 32.1. The number of ether oxygens (including phenoxy) is 2. The lowest BCUT2D eigenvalue weighted by Crippen LogP contribution is -2.79. The number of cyclic esters (lactones) is 1. The number of hydrazine groups is 1. The minimum atomic E-state index is -1.10. The van der Waals surface area contributed by atoms with Gasteiger partial charge in [-0.15, -0.1) is 11.3 Å². The summed E-state index contributed by atoms with van der Waals surface area (Å²) in [6.07, 6.45) is 3.90. The molecule has 72 heavy (non-hydrogen) atoms. The number of urea groups is 1. The van der Waals surface area contributed by atoms with Crippen molar-refractivity contribution in [2.45, 2.75) is 129 Å². The van der Waals surface area contributed by atoms with Crippen LogP contribution in [0.1, 0.15) is 97.0 Å². The number of rotatable bonds is 9. The van der Waals surface area contributed by atoms with Gasteiger partial charge in [-0.2, -0.15) is 0 Å². The number of fused-ring (bicyclic) bond motifs is 6. The summed E-state index contributed by atoms with van der Waals surface area (Å²) in [5, 5.41) is 8.14. The first-order valence-electron chi connectivity index (χ1n) is 25.2. The lowest BCUT2D eigenvalue weighted by Gasteiger charge is -2.62. The lowest BCUT2D eigenvalue weighted by atomic mass is 9.77. The molecule has 7 heterocycles. The Balaban J connectivity index is 1.09. The molecule has 386 valence electrons. The molecule has 8 rings (SSSR count). The van der Waals surface area contributed by atoms with Crippen LogP contribution in [0.15, 0.2) is 41.9 Å². The summed E-state index contributed by atoms with van der Waals surface area (Å²) in [4.78, 5) is 87.6. The van der Waals surface area contributed by atoms with Crippen LogP contribution in [0.25, 0.3) is 33.4 Å². The van der Waals surface area contributed by atoms with Gasteiger partial charge in [0.05, 0.1) is 45.9 Å². The number of likely N-dealkylation sites (N-methyl/N-ethyl adjacent to an activating group) is 1. The summed E-state index contributed by atoms with van der Waals surface area (Å²) < 4.78 is 14.3. The molecular formula is C54H72N10O7S. The van der Waals surface area contributed by atoms with E-state index in [1.54, 1.807) is 30.2 Å². The first-order valence-corrected chi connectivity index (χ1v) is 26.1. The van der Waals surface area contributed by atoms with E-state index >= 15 is 0 Å². The number of hydrogen-bond acceptors (Lipinski definition) is 12. The third kappa shape index (κ3) is 10.2. The number of likely N-dealkylation sites (tertiary alicyclic amines) is 2. The average Bonchev–Trinajstić information content (AvgIpc) is 3.92. The molecular weight excluding hydrogens is 933 g/mol. The number of amides is 5. The Morgan fingerprint density at radius 3 is 2.51 bits per heavy atom. The molecule has 5 amide bonds. The molecule has 4 aromatic rings. The largest absolute Gasteiger partial charge is 0.464 e. The van der Waals surface area contributed by atoms with Gasteiger partial charge < -0.3 is 34.1 Å². The molecule has 0 aliphatic carbocycles. The van der Waals surface area contributed by atoms with Crippen LogP contribution in [0.3, 0.4) is 0 Å². The number of esters is 1. The molecule has 3 fully saturated rings. The quantitative estimate of drug-likeness (QED) is 0.151. The van der Waals surface area contributed by atoms with Crippen LogP contribution in [0, 0.1) is 23.2 Å². The number of nitrogens with zero attached hydrogens (tertiary/aromatic N) is 8. The van der Waals surface area contributed by atoms with Crippen LogP contribution >= 0.6 is 11.3 Å². The maximum atomic E-state index is 14.8. The number of carbonyl (C=O) groups excluding carboxylic acids is 5. The Morgan fingerprint density at radius 1 is 1.10 bits per heavy atom.